The van der Waals surface area contributed by atoms with E-state index < -0.39 is 5.82 Å². The molecule has 1 aliphatic heterocycles. The highest BCUT2D eigenvalue weighted by atomic mass is 35.5. The van der Waals surface area contributed by atoms with Crippen molar-refractivity contribution in [2.45, 2.75) is 32.8 Å². The van der Waals surface area contributed by atoms with Crippen molar-refractivity contribution in [2.75, 3.05) is 13.1 Å². The highest BCUT2D eigenvalue weighted by molar-refractivity contribution is 6.30. The van der Waals surface area contributed by atoms with E-state index in [2.05, 4.69) is 10.1 Å². The molecule has 0 radical (unpaired) electrons. The average molecular weight is 330 g/mol. The monoisotopic (exact) mass is 329 g/mol. The van der Waals surface area contributed by atoms with Gasteiger partial charge in [0.25, 0.3) is 6.47 Å². The zero-order chi connectivity index (χ0) is 16.8. The van der Waals surface area contributed by atoms with Crippen LogP contribution in [0.3, 0.4) is 0 Å². The average Bonchev–Trinajstić information content (AvgIpc) is 2.94. The minimum atomic E-state index is -0.534. The number of halogens is 2. The van der Waals surface area contributed by atoms with Gasteiger partial charge in [-0.2, -0.15) is 0 Å². The van der Waals surface area contributed by atoms with Gasteiger partial charge in [-0.05, 0) is 51.9 Å². The zero-order valence-electron chi connectivity index (χ0n) is 13.0. The van der Waals surface area contributed by atoms with Crippen LogP contribution in [-0.2, 0) is 9.53 Å². The standard InChI is InChI=1S/C11H11ClFNO.C5H10O2/c12-9-2-1-7(5-10(9)13)11(15)8-3-4-14-6-8;1-5(2,3)7-4-6/h1-2,5,8,14H,3-4,6H2;4H,1-3H3. The van der Waals surface area contributed by atoms with Gasteiger partial charge in [0.15, 0.2) is 5.78 Å². The van der Waals surface area contributed by atoms with Crippen LogP contribution in [-0.4, -0.2) is 30.9 Å². The maximum Gasteiger partial charge on any atom is 0.293 e. The number of ketones is 1. The van der Waals surface area contributed by atoms with Crippen molar-refractivity contribution in [1.29, 1.82) is 0 Å². The molecule has 0 saturated carbocycles. The molecule has 1 aromatic rings. The second-order valence-corrected chi connectivity index (χ2v) is 6.42. The van der Waals surface area contributed by atoms with E-state index in [0.29, 0.717) is 18.6 Å². The van der Waals surface area contributed by atoms with Crippen LogP contribution in [0.4, 0.5) is 4.39 Å². The molecule has 0 aliphatic carbocycles. The fraction of sp³-hybridized carbons (Fsp3) is 0.500. The molecule has 2 rings (SSSR count). The quantitative estimate of drug-likeness (QED) is 0.683. The molecule has 1 N–H and O–H groups in total. The normalized spacial score (nSPS) is 17.4. The van der Waals surface area contributed by atoms with Gasteiger partial charge in [0.2, 0.25) is 0 Å². The third-order valence-electron chi connectivity index (χ3n) is 3.04. The molecule has 22 heavy (non-hydrogen) atoms. The predicted octanol–water partition coefficient (Wildman–Crippen LogP) is 3.23. The molecule has 1 aromatic carbocycles. The first-order valence-corrected chi connectivity index (χ1v) is 7.44. The molecule has 4 nitrogen and oxygen atoms in total. The van der Waals surface area contributed by atoms with E-state index >= 15 is 0 Å². The van der Waals surface area contributed by atoms with Crippen LogP contribution in [0.5, 0.6) is 0 Å². The summed E-state index contributed by atoms with van der Waals surface area (Å²) in [4.78, 5) is 21.5. The fourth-order valence-electron chi connectivity index (χ4n) is 1.91. The van der Waals surface area contributed by atoms with Crippen molar-refractivity contribution in [3.8, 4) is 0 Å². The van der Waals surface area contributed by atoms with E-state index in [1.807, 2.05) is 20.8 Å². The van der Waals surface area contributed by atoms with Gasteiger partial charge in [-0.1, -0.05) is 11.6 Å². The van der Waals surface area contributed by atoms with Gasteiger partial charge in [0, 0.05) is 18.0 Å². The van der Waals surface area contributed by atoms with Crippen LogP contribution >= 0.6 is 11.6 Å². The van der Waals surface area contributed by atoms with Crippen molar-refractivity contribution in [3.63, 3.8) is 0 Å². The van der Waals surface area contributed by atoms with Crippen molar-refractivity contribution in [2.24, 2.45) is 5.92 Å². The first-order valence-electron chi connectivity index (χ1n) is 7.06. The molecule has 1 unspecified atom stereocenters. The Hall–Kier alpha value is -1.46. The molecule has 1 aliphatic rings. The van der Waals surface area contributed by atoms with E-state index in [0.717, 1.165) is 13.0 Å². The highest BCUT2D eigenvalue weighted by Gasteiger charge is 2.23. The van der Waals surface area contributed by atoms with Crippen LogP contribution in [0.25, 0.3) is 0 Å². The predicted molar refractivity (Wildman–Crippen MR) is 83.6 cm³/mol. The van der Waals surface area contributed by atoms with Gasteiger partial charge in [0.1, 0.15) is 11.4 Å². The van der Waals surface area contributed by atoms with Crippen molar-refractivity contribution in [1.82, 2.24) is 5.32 Å². The number of rotatable bonds is 3. The summed E-state index contributed by atoms with van der Waals surface area (Å²) in [6.07, 6.45) is 0.822. The first-order chi connectivity index (χ1) is 10.2. The first kappa shape index (κ1) is 18.6. The minimum absolute atomic E-state index is 0.00410. The maximum absolute atomic E-state index is 13.1. The molecule has 0 amide bonds. The fourth-order valence-corrected chi connectivity index (χ4v) is 2.03. The number of carbonyl (C=O) groups is 2. The van der Waals surface area contributed by atoms with Crippen LogP contribution in [0.2, 0.25) is 5.02 Å². The Bertz CT molecular complexity index is 523. The maximum atomic E-state index is 13.1. The lowest BCUT2D eigenvalue weighted by Gasteiger charge is -2.14. The SMILES string of the molecule is CC(C)(C)OC=O.O=C(c1ccc(Cl)c(F)c1)C1CCNC1. The Morgan fingerprint density at radius 2 is 2.14 bits per heavy atom. The Morgan fingerprint density at radius 1 is 1.45 bits per heavy atom. The van der Waals surface area contributed by atoms with Crippen LogP contribution in [0.15, 0.2) is 18.2 Å². The van der Waals surface area contributed by atoms with E-state index in [1.54, 1.807) is 6.07 Å². The topological polar surface area (TPSA) is 55.4 Å². The molecular weight excluding hydrogens is 309 g/mol. The van der Waals surface area contributed by atoms with Gasteiger partial charge in [-0.15, -0.1) is 0 Å². The van der Waals surface area contributed by atoms with Crippen LogP contribution in [0.1, 0.15) is 37.6 Å². The molecule has 1 atom stereocenters. The van der Waals surface area contributed by atoms with Crippen LogP contribution < -0.4 is 5.32 Å². The molecule has 1 heterocycles. The molecule has 122 valence electrons. The Kier molecular flexibility index (Phi) is 6.97. The summed E-state index contributed by atoms with van der Waals surface area (Å²) in [5, 5.41) is 3.16. The number of hydrogen-bond donors (Lipinski definition) is 1. The van der Waals surface area contributed by atoms with Crippen LogP contribution in [0, 0.1) is 11.7 Å². The van der Waals surface area contributed by atoms with Gasteiger partial charge in [-0.3, -0.25) is 9.59 Å². The van der Waals surface area contributed by atoms with Crippen molar-refractivity contribution < 1.29 is 18.7 Å². The molecule has 1 saturated heterocycles. The van der Waals surface area contributed by atoms with Gasteiger partial charge >= 0.3 is 0 Å². The second-order valence-electron chi connectivity index (χ2n) is 6.01. The van der Waals surface area contributed by atoms with Crippen molar-refractivity contribution in [3.05, 3.63) is 34.6 Å². The summed E-state index contributed by atoms with van der Waals surface area (Å²) >= 11 is 5.55. The smallest absolute Gasteiger partial charge is 0.293 e. The summed E-state index contributed by atoms with van der Waals surface area (Å²) in [5.74, 6) is -0.561. The lowest BCUT2D eigenvalue weighted by Crippen LogP contribution is -2.18. The van der Waals surface area contributed by atoms with E-state index in [9.17, 15) is 14.0 Å². The molecule has 0 bridgehead atoms. The Labute approximate surface area is 135 Å². The minimum Gasteiger partial charge on any atom is -0.462 e. The summed E-state index contributed by atoms with van der Waals surface area (Å²) in [7, 11) is 0. The second kappa shape index (κ2) is 8.25. The summed E-state index contributed by atoms with van der Waals surface area (Å²) < 4.78 is 17.7. The number of carbonyl (C=O) groups excluding carboxylic acids is 2. The Balaban J connectivity index is 0.000000295. The van der Waals surface area contributed by atoms with Gasteiger partial charge < -0.3 is 10.1 Å². The molecule has 6 heteroatoms. The summed E-state index contributed by atoms with van der Waals surface area (Å²) in [6, 6.07) is 4.21. The van der Waals surface area contributed by atoms with E-state index in [-0.39, 0.29) is 22.3 Å². The summed E-state index contributed by atoms with van der Waals surface area (Å²) in [6.45, 7) is 7.46. The lowest BCUT2D eigenvalue weighted by molar-refractivity contribution is -0.138. The molecule has 0 aromatic heterocycles. The lowest BCUT2D eigenvalue weighted by atomic mass is 9.97. The molecule has 0 spiro atoms. The molecule has 1 fully saturated rings. The number of benzene rings is 1. The van der Waals surface area contributed by atoms with E-state index in [1.165, 1.54) is 12.1 Å². The summed E-state index contributed by atoms with van der Waals surface area (Å²) in [5.41, 5.74) is 0.0903. The number of Topliss-reactive ketones (excluding diaryl/α,β-unsaturated/α-hetero) is 1. The Morgan fingerprint density at radius 3 is 2.55 bits per heavy atom. The van der Waals surface area contributed by atoms with Gasteiger partial charge in [-0.25, -0.2) is 4.39 Å². The van der Waals surface area contributed by atoms with Gasteiger partial charge in [0.05, 0.1) is 5.02 Å². The third-order valence-corrected chi connectivity index (χ3v) is 3.34. The number of ether oxygens (including phenoxy) is 1. The largest absolute Gasteiger partial charge is 0.462 e. The third kappa shape index (κ3) is 6.12. The van der Waals surface area contributed by atoms with E-state index in [4.69, 9.17) is 11.6 Å². The molecular formula is C16H21ClFNO3. The highest BCUT2D eigenvalue weighted by Crippen LogP contribution is 2.20. The number of hydrogen-bond acceptors (Lipinski definition) is 4. The number of nitrogens with one attached hydrogen (secondary N) is 1. The van der Waals surface area contributed by atoms with Crippen molar-refractivity contribution >= 4 is 23.9 Å². The zero-order valence-corrected chi connectivity index (χ0v) is 13.7.